The third-order valence-corrected chi connectivity index (χ3v) is 16.1. The number of allylic oxidation sites excluding steroid dienone is 2. The molecule has 79 heavy (non-hydrogen) atoms. The zero-order chi connectivity index (χ0) is 54.9. The van der Waals surface area contributed by atoms with E-state index in [0.717, 1.165) is 90.9 Å². The molecule has 0 aliphatic rings. The first-order valence-corrected chi connectivity index (χ1v) is 27.3. The van der Waals surface area contributed by atoms with Crippen LogP contribution in [-0.2, 0) is 17.3 Å². The van der Waals surface area contributed by atoms with E-state index in [1.54, 1.807) is 6.08 Å². The van der Waals surface area contributed by atoms with Gasteiger partial charge in [-0.15, -0.1) is 0 Å². The molecule has 0 amide bonds. The molecule has 10 aromatic carbocycles. The molecule has 0 fully saturated rings. The molecule has 6 heteroatoms. The lowest BCUT2D eigenvalue weighted by atomic mass is 9.84. The summed E-state index contributed by atoms with van der Waals surface area (Å²) in [7, 11) is 2.12. The normalized spacial score (nSPS) is 12.1. The van der Waals surface area contributed by atoms with E-state index in [1.807, 2.05) is 30.5 Å². The lowest BCUT2D eigenvalue weighted by Gasteiger charge is -2.28. The highest BCUT2D eigenvalue weighted by molar-refractivity contribution is 6.26. The van der Waals surface area contributed by atoms with E-state index in [2.05, 4.69) is 236 Å². The molecule has 0 N–H and O–H groups in total. The van der Waals surface area contributed by atoms with Crippen LogP contribution in [0.1, 0.15) is 81.3 Å². The monoisotopic (exact) mass is 1030 g/mol. The number of nitrogens with zero attached hydrogens (tertiary/aromatic N) is 4. The fourth-order valence-electron chi connectivity index (χ4n) is 11.8. The van der Waals surface area contributed by atoms with Crippen LogP contribution >= 0.6 is 0 Å². The Morgan fingerprint density at radius 2 is 1.11 bits per heavy atom. The summed E-state index contributed by atoms with van der Waals surface area (Å²) in [6.07, 6.45) is 6.86. The Labute approximate surface area is 462 Å². The van der Waals surface area contributed by atoms with Crippen molar-refractivity contribution in [2.24, 2.45) is 0 Å². The first-order chi connectivity index (χ1) is 38.1. The maximum absolute atomic E-state index is 10.0. The zero-order valence-electron chi connectivity index (χ0n) is 46.4. The highest BCUT2D eigenvalue weighted by Crippen LogP contribution is 2.47. The largest absolute Gasteiger partial charge is 0.462 e. The van der Waals surface area contributed by atoms with Crippen molar-refractivity contribution in [1.29, 1.82) is 10.5 Å². The minimum atomic E-state index is -0.105. The lowest BCUT2D eigenvalue weighted by molar-refractivity contribution is 0.590. The van der Waals surface area contributed by atoms with Crippen LogP contribution in [-0.4, -0.2) is 7.05 Å². The van der Waals surface area contributed by atoms with Crippen LogP contribution in [0.3, 0.4) is 0 Å². The Balaban J connectivity index is 1.04. The van der Waals surface area contributed by atoms with Crippen molar-refractivity contribution in [3.63, 3.8) is 0 Å². The maximum atomic E-state index is 10.0. The molecule has 0 atom stereocenters. The van der Waals surface area contributed by atoms with Crippen molar-refractivity contribution in [2.45, 2.75) is 79.1 Å². The molecule has 0 aliphatic carbocycles. The average molecular weight is 1030 g/mol. The Bertz CT molecular complexity index is 4520. The molecule has 2 heterocycles. The second-order valence-electron chi connectivity index (χ2n) is 23.2. The van der Waals surface area contributed by atoms with Crippen LogP contribution in [0.2, 0.25) is 0 Å². The Morgan fingerprint density at radius 3 is 1.85 bits per heavy atom. The number of nitriles is 2. The Morgan fingerprint density at radius 1 is 0.494 bits per heavy atom. The topological polar surface area (TPSA) is 80.3 Å². The maximum Gasteiger partial charge on any atom is 0.159 e. The van der Waals surface area contributed by atoms with Gasteiger partial charge in [-0.05, 0) is 181 Å². The van der Waals surface area contributed by atoms with Gasteiger partial charge < -0.3 is 18.6 Å². The molecular weight excluding hydrogens is 965 g/mol. The highest BCUT2D eigenvalue weighted by atomic mass is 16.3. The molecule has 0 saturated heterocycles. The van der Waals surface area contributed by atoms with Crippen molar-refractivity contribution in [3.05, 3.63) is 222 Å². The number of anilines is 5. The van der Waals surface area contributed by atoms with Gasteiger partial charge in [0.2, 0.25) is 0 Å². The quantitative estimate of drug-likeness (QED) is 0.100. The summed E-state index contributed by atoms with van der Waals surface area (Å²) in [5, 5.41) is 29.4. The van der Waals surface area contributed by atoms with E-state index in [-0.39, 0.29) is 10.8 Å². The summed E-state index contributed by atoms with van der Waals surface area (Å²) in [6.45, 7) is 18.0. The highest BCUT2D eigenvalue weighted by Gasteiger charge is 2.25. The Hall–Kier alpha value is -9.36. The molecule has 386 valence electrons. The molecule has 12 rings (SSSR count). The van der Waals surface area contributed by atoms with Crippen molar-refractivity contribution in [2.75, 3.05) is 16.8 Å². The third kappa shape index (κ3) is 8.85. The zero-order valence-corrected chi connectivity index (χ0v) is 46.4. The molecular formula is C73H62N4O2. The Kier molecular flexibility index (Phi) is 12.5. The van der Waals surface area contributed by atoms with E-state index in [9.17, 15) is 5.26 Å². The number of fused-ring (bicyclic) bond motifs is 10. The molecule has 0 aliphatic heterocycles. The number of hydrogen-bond donors (Lipinski definition) is 0. The molecule has 2 aromatic heterocycles. The second-order valence-corrected chi connectivity index (χ2v) is 23.2. The summed E-state index contributed by atoms with van der Waals surface area (Å²) >= 11 is 0. The summed E-state index contributed by atoms with van der Waals surface area (Å²) in [4.78, 5) is 4.58. The van der Waals surface area contributed by atoms with E-state index in [0.29, 0.717) is 11.1 Å². The number of rotatable bonds is 10. The van der Waals surface area contributed by atoms with Gasteiger partial charge in [-0.3, -0.25) is 0 Å². The van der Waals surface area contributed by atoms with Crippen molar-refractivity contribution >= 4 is 93.7 Å². The summed E-state index contributed by atoms with van der Waals surface area (Å²) in [5.41, 5.74) is 18.1. The fourth-order valence-corrected chi connectivity index (χ4v) is 11.8. The van der Waals surface area contributed by atoms with Crippen LogP contribution in [0, 0.1) is 36.5 Å². The van der Waals surface area contributed by atoms with Crippen molar-refractivity contribution < 1.29 is 8.83 Å². The molecule has 0 unspecified atom stereocenters. The number of para-hydroxylation sites is 3. The first kappa shape index (κ1) is 50.5. The second kappa shape index (κ2) is 19.6. The van der Waals surface area contributed by atoms with E-state index >= 15 is 0 Å². The van der Waals surface area contributed by atoms with Gasteiger partial charge in [0.1, 0.15) is 6.07 Å². The van der Waals surface area contributed by atoms with Gasteiger partial charge >= 0.3 is 0 Å². The van der Waals surface area contributed by atoms with Gasteiger partial charge in [-0.2, -0.15) is 10.5 Å². The van der Waals surface area contributed by atoms with Crippen LogP contribution in [0.5, 0.6) is 0 Å². The molecule has 12 aromatic rings. The van der Waals surface area contributed by atoms with Gasteiger partial charge in [-0.25, -0.2) is 0 Å². The van der Waals surface area contributed by atoms with E-state index in [4.69, 9.17) is 14.1 Å². The van der Waals surface area contributed by atoms with Crippen LogP contribution in [0.25, 0.3) is 87.5 Å². The van der Waals surface area contributed by atoms with Gasteiger partial charge in [0.15, 0.2) is 16.7 Å². The minimum absolute atomic E-state index is 0.00846. The summed E-state index contributed by atoms with van der Waals surface area (Å²) in [6, 6.07) is 66.3. The first-order valence-electron chi connectivity index (χ1n) is 27.3. The number of furan rings is 2. The predicted molar refractivity (Wildman–Crippen MR) is 331 cm³/mol. The average Bonchev–Trinajstić information content (AvgIpc) is 4.23. The van der Waals surface area contributed by atoms with Crippen molar-refractivity contribution in [1.82, 2.24) is 0 Å². The molecule has 6 nitrogen and oxygen atoms in total. The van der Waals surface area contributed by atoms with Crippen LogP contribution in [0.15, 0.2) is 197 Å². The summed E-state index contributed by atoms with van der Waals surface area (Å²) in [5.74, 6) is 0. The lowest BCUT2D eigenvalue weighted by Crippen LogP contribution is -2.14. The number of aryl methyl sites for hydroxylation is 3. The van der Waals surface area contributed by atoms with E-state index < -0.39 is 0 Å². The predicted octanol–water partition coefficient (Wildman–Crippen LogP) is 20.5. The molecule has 0 saturated carbocycles. The van der Waals surface area contributed by atoms with Crippen LogP contribution < -0.4 is 9.80 Å². The van der Waals surface area contributed by atoms with Crippen LogP contribution in [0.4, 0.5) is 28.4 Å². The molecule has 0 radical (unpaired) electrons. The standard InChI is InChI=1S/C73H62N4O2/c1-45-27-32-53(77(52-33-29-50(30-34-52)72(3,4)5)68-26-16-22-54-49(44-78-70(54)68)18-11-10-14-37-74)41-60(45)61-42-65-63(38-46(61)2)56-21-13-12-20-55(56)57-35-28-47(39-64(57)65)62-40-51(73(6,7)8)31-36-66(62)76(9)67-25-17-24-59-58-23-15-19-48(43-75)69(58)79-71(59)67/h10,12-17,19-36,38-42,44H,11,18H2,1-9H3/b14-10+. The number of hydrogen-bond acceptors (Lipinski definition) is 6. The fraction of sp³-hybridized carbons (Fsp3) is 0.178. The minimum Gasteiger partial charge on any atom is -0.462 e. The molecule has 0 bridgehead atoms. The third-order valence-electron chi connectivity index (χ3n) is 16.1. The van der Waals surface area contributed by atoms with Crippen molar-refractivity contribution in [3.8, 4) is 34.4 Å². The smallest absolute Gasteiger partial charge is 0.159 e. The van der Waals surface area contributed by atoms with Gasteiger partial charge in [0.05, 0.1) is 29.3 Å². The summed E-state index contributed by atoms with van der Waals surface area (Å²) < 4.78 is 13.1. The van der Waals surface area contributed by atoms with Gasteiger partial charge in [0, 0.05) is 51.9 Å². The van der Waals surface area contributed by atoms with Gasteiger partial charge in [-0.1, -0.05) is 151 Å². The molecule has 0 spiro atoms. The number of benzene rings is 10. The SMILES string of the molecule is Cc1ccc(N(c2ccc(C(C)(C)C)cc2)c2cccc3c(CC/C=C/C#N)coc23)cc1-c1cc2c3cc(-c4cc(C(C)(C)C)ccc4N(C)c4cccc5c4oc4c(C#N)cccc45)ccc3c3ccccc3c2cc1C. The van der Waals surface area contributed by atoms with E-state index in [1.165, 1.54) is 60.1 Å². The van der Waals surface area contributed by atoms with Gasteiger partial charge in [0.25, 0.3) is 0 Å².